The number of hydrogen-bond donors (Lipinski definition) is 1. The number of nitrogens with one attached hydrogen (secondary N) is 1. The summed E-state index contributed by atoms with van der Waals surface area (Å²) < 4.78 is 17.9. The predicted molar refractivity (Wildman–Crippen MR) is 49.4 cm³/mol. The van der Waals surface area contributed by atoms with Crippen molar-refractivity contribution in [3.8, 4) is 0 Å². The van der Waals surface area contributed by atoms with Crippen LogP contribution < -0.4 is 5.32 Å². The monoisotopic (exact) mass is 181 g/mol. The molecule has 0 bridgehead atoms. The van der Waals surface area contributed by atoms with E-state index in [9.17, 15) is 4.39 Å². The molecule has 0 amide bonds. The fraction of sp³-hybridized carbons (Fsp3) is 0.400. The molecule has 0 spiro atoms. The minimum Gasteiger partial charge on any atom is -0.378 e. The Morgan fingerprint density at radius 3 is 2.77 bits per heavy atom. The fourth-order valence-corrected chi connectivity index (χ4v) is 1.29. The molecule has 1 saturated heterocycles. The second-order valence-electron chi connectivity index (χ2n) is 3.34. The average Bonchev–Trinajstić information content (AvgIpc) is 2.04. The highest BCUT2D eigenvalue weighted by Crippen LogP contribution is 2.16. The molecule has 0 radical (unpaired) electrons. The molecule has 13 heavy (non-hydrogen) atoms. The van der Waals surface area contributed by atoms with Crippen molar-refractivity contribution in [2.45, 2.75) is 13.0 Å². The van der Waals surface area contributed by atoms with E-state index in [1.165, 1.54) is 6.07 Å². The summed E-state index contributed by atoms with van der Waals surface area (Å²) in [6.07, 6.45) is 0. The largest absolute Gasteiger partial charge is 0.378 e. The Kier molecular flexibility index (Phi) is 2.19. The molecule has 0 saturated carbocycles. The van der Waals surface area contributed by atoms with Crippen molar-refractivity contribution in [3.05, 3.63) is 29.6 Å². The van der Waals surface area contributed by atoms with Crippen molar-refractivity contribution < 1.29 is 9.13 Å². The highest BCUT2D eigenvalue weighted by Gasteiger charge is 2.17. The Morgan fingerprint density at radius 1 is 1.46 bits per heavy atom. The maximum Gasteiger partial charge on any atom is 0.126 e. The predicted octanol–water partition coefficient (Wildman–Crippen LogP) is 1.94. The maximum atomic E-state index is 12.9. The van der Waals surface area contributed by atoms with Crippen molar-refractivity contribution in [1.82, 2.24) is 0 Å². The smallest absolute Gasteiger partial charge is 0.126 e. The normalized spacial score (nSPS) is 16.8. The van der Waals surface area contributed by atoms with Crippen LogP contribution in [0.25, 0.3) is 0 Å². The van der Waals surface area contributed by atoms with Gasteiger partial charge in [-0.2, -0.15) is 0 Å². The topological polar surface area (TPSA) is 21.3 Å². The van der Waals surface area contributed by atoms with E-state index in [1.807, 2.05) is 6.07 Å². The van der Waals surface area contributed by atoms with Crippen LogP contribution in [0.2, 0.25) is 0 Å². The first-order valence-electron chi connectivity index (χ1n) is 4.36. The summed E-state index contributed by atoms with van der Waals surface area (Å²) in [6, 6.07) is 5.44. The van der Waals surface area contributed by atoms with Gasteiger partial charge in [0.15, 0.2) is 0 Å². The molecule has 1 heterocycles. The van der Waals surface area contributed by atoms with E-state index in [1.54, 1.807) is 13.0 Å². The van der Waals surface area contributed by atoms with Gasteiger partial charge in [0.2, 0.25) is 0 Å². The number of benzene rings is 1. The Labute approximate surface area is 76.7 Å². The minimum atomic E-state index is -0.157. The third-order valence-electron chi connectivity index (χ3n) is 2.17. The zero-order valence-corrected chi connectivity index (χ0v) is 7.51. The second-order valence-corrected chi connectivity index (χ2v) is 3.34. The van der Waals surface area contributed by atoms with Crippen molar-refractivity contribution in [3.63, 3.8) is 0 Å². The van der Waals surface area contributed by atoms with Gasteiger partial charge in [-0.1, -0.05) is 0 Å². The third-order valence-corrected chi connectivity index (χ3v) is 2.17. The first kappa shape index (κ1) is 8.51. The van der Waals surface area contributed by atoms with E-state index in [2.05, 4.69) is 5.32 Å². The van der Waals surface area contributed by atoms with Gasteiger partial charge in [-0.15, -0.1) is 0 Å². The minimum absolute atomic E-state index is 0.157. The van der Waals surface area contributed by atoms with Crippen LogP contribution in [0, 0.1) is 12.7 Å². The number of aryl methyl sites for hydroxylation is 1. The number of rotatable bonds is 2. The standard InChI is InChI=1S/C10H12FNO/c1-7-4-8(2-3-10(7)11)12-9-5-13-6-9/h2-4,9,12H,5-6H2,1H3. The zero-order chi connectivity index (χ0) is 9.26. The molecule has 1 aliphatic heterocycles. The summed E-state index contributed by atoms with van der Waals surface area (Å²) in [5.41, 5.74) is 1.64. The van der Waals surface area contributed by atoms with Crippen molar-refractivity contribution in [2.24, 2.45) is 0 Å². The zero-order valence-electron chi connectivity index (χ0n) is 7.51. The van der Waals surface area contributed by atoms with Gasteiger partial charge < -0.3 is 10.1 Å². The molecule has 1 aromatic rings. The summed E-state index contributed by atoms with van der Waals surface area (Å²) in [7, 11) is 0. The Hall–Kier alpha value is -1.09. The van der Waals surface area contributed by atoms with E-state index < -0.39 is 0 Å². The van der Waals surface area contributed by atoms with E-state index in [4.69, 9.17) is 4.74 Å². The van der Waals surface area contributed by atoms with Gasteiger partial charge in [-0.25, -0.2) is 4.39 Å². The Morgan fingerprint density at radius 2 is 2.23 bits per heavy atom. The maximum absolute atomic E-state index is 12.9. The van der Waals surface area contributed by atoms with Crippen LogP contribution in [0.5, 0.6) is 0 Å². The van der Waals surface area contributed by atoms with Crippen LogP contribution in [0.4, 0.5) is 10.1 Å². The van der Waals surface area contributed by atoms with Crippen LogP contribution >= 0.6 is 0 Å². The molecule has 0 aromatic heterocycles. The highest BCUT2D eigenvalue weighted by molar-refractivity contribution is 5.47. The lowest BCUT2D eigenvalue weighted by molar-refractivity contribution is 0.0211. The first-order chi connectivity index (χ1) is 6.25. The summed E-state index contributed by atoms with van der Waals surface area (Å²) in [5, 5.41) is 3.25. The molecule has 0 atom stereocenters. The number of hydrogen-bond acceptors (Lipinski definition) is 2. The number of anilines is 1. The van der Waals surface area contributed by atoms with Crippen molar-refractivity contribution >= 4 is 5.69 Å². The molecule has 70 valence electrons. The molecule has 1 fully saturated rings. The van der Waals surface area contributed by atoms with Gasteiger partial charge in [-0.05, 0) is 30.7 Å². The van der Waals surface area contributed by atoms with Gasteiger partial charge in [0.05, 0.1) is 19.3 Å². The summed E-state index contributed by atoms with van der Waals surface area (Å²) in [4.78, 5) is 0. The Balaban J connectivity index is 2.07. The molecule has 0 aliphatic carbocycles. The SMILES string of the molecule is Cc1cc(NC2COC2)ccc1F. The summed E-state index contributed by atoms with van der Waals surface area (Å²) in [5.74, 6) is -0.157. The molecular weight excluding hydrogens is 169 g/mol. The summed E-state index contributed by atoms with van der Waals surface area (Å²) in [6.45, 7) is 3.25. The van der Waals surface area contributed by atoms with E-state index in [-0.39, 0.29) is 5.82 Å². The molecule has 1 aliphatic rings. The van der Waals surface area contributed by atoms with Crippen LogP contribution in [-0.4, -0.2) is 19.3 Å². The van der Waals surface area contributed by atoms with E-state index in [0.717, 1.165) is 18.9 Å². The third kappa shape index (κ3) is 1.80. The highest BCUT2D eigenvalue weighted by atomic mass is 19.1. The average molecular weight is 181 g/mol. The molecule has 1 N–H and O–H groups in total. The molecule has 2 nitrogen and oxygen atoms in total. The molecular formula is C10H12FNO. The van der Waals surface area contributed by atoms with E-state index >= 15 is 0 Å². The fourth-order valence-electron chi connectivity index (χ4n) is 1.29. The lowest BCUT2D eigenvalue weighted by Crippen LogP contribution is -2.40. The van der Waals surface area contributed by atoms with Gasteiger partial charge in [0.1, 0.15) is 5.82 Å². The molecule has 2 rings (SSSR count). The van der Waals surface area contributed by atoms with Gasteiger partial charge >= 0.3 is 0 Å². The van der Waals surface area contributed by atoms with Gasteiger partial charge in [0.25, 0.3) is 0 Å². The van der Waals surface area contributed by atoms with Crippen LogP contribution in [0.1, 0.15) is 5.56 Å². The quantitative estimate of drug-likeness (QED) is 0.752. The van der Waals surface area contributed by atoms with Crippen LogP contribution in [-0.2, 0) is 4.74 Å². The second kappa shape index (κ2) is 3.34. The van der Waals surface area contributed by atoms with Crippen LogP contribution in [0.15, 0.2) is 18.2 Å². The number of halogens is 1. The summed E-state index contributed by atoms with van der Waals surface area (Å²) >= 11 is 0. The molecule has 1 aromatic carbocycles. The lowest BCUT2D eigenvalue weighted by Gasteiger charge is -2.27. The number of ether oxygens (including phenoxy) is 1. The van der Waals surface area contributed by atoms with Gasteiger partial charge in [-0.3, -0.25) is 0 Å². The van der Waals surface area contributed by atoms with Crippen molar-refractivity contribution in [2.75, 3.05) is 18.5 Å². The lowest BCUT2D eigenvalue weighted by atomic mass is 10.2. The molecule has 0 unspecified atom stereocenters. The van der Waals surface area contributed by atoms with Crippen LogP contribution in [0.3, 0.4) is 0 Å². The Bertz CT molecular complexity index is 310. The van der Waals surface area contributed by atoms with Crippen molar-refractivity contribution in [1.29, 1.82) is 0 Å². The first-order valence-corrected chi connectivity index (χ1v) is 4.36. The van der Waals surface area contributed by atoms with Gasteiger partial charge in [0, 0.05) is 5.69 Å². The molecule has 3 heteroatoms. The van der Waals surface area contributed by atoms with E-state index in [0.29, 0.717) is 11.6 Å².